The molecule has 1 heterocycles. The van der Waals surface area contributed by atoms with Crippen molar-refractivity contribution in [2.24, 2.45) is 0 Å². The zero-order chi connectivity index (χ0) is 17.5. The number of hydrogen-bond acceptors (Lipinski definition) is 5. The Bertz CT molecular complexity index is 794. The second-order valence-electron chi connectivity index (χ2n) is 4.54. The van der Waals surface area contributed by atoms with Gasteiger partial charge < -0.3 is 15.4 Å². The zero-order valence-corrected chi connectivity index (χ0v) is 13.5. The Labute approximate surface area is 142 Å². The lowest BCUT2D eigenvalue weighted by atomic mass is 10.1. The van der Waals surface area contributed by atoms with Gasteiger partial charge in [-0.2, -0.15) is 5.26 Å². The number of rotatable bonds is 5. The van der Waals surface area contributed by atoms with Crippen LogP contribution in [-0.2, 0) is 6.42 Å². The van der Waals surface area contributed by atoms with E-state index in [4.69, 9.17) is 22.2 Å². The number of halogens is 2. The average Bonchev–Trinajstić information content (AvgIpc) is 2.58. The van der Waals surface area contributed by atoms with E-state index >= 15 is 0 Å². The summed E-state index contributed by atoms with van der Waals surface area (Å²) in [6, 6.07) is 4.25. The molecule has 2 aromatic rings. The molecule has 124 valence electrons. The standard InChI is InChI=1S/C15H13F2N5OS/c1-23-12-3-2-10(16)9(13(12)17)4-5-21-15(24)22-14-11(8-18)19-6-7-20-14/h2-3,6-7H,4-5H2,1H3,(H2,20,21,22,24). The number of anilines is 1. The lowest BCUT2D eigenvalue weighted by Gasteiger charge is -2.12. The van der Waals surface area contributed by atoms with E-state index in [-0.39, 0.29) is 40.9 Å². The van der Waals surface area contributed by atoms with E-state index in [9.17, 15) is 8.78 Å². The summed E-state index contributed by atoms with van der Waals surface area (Å²) in [7, 11) is 1.31. The smallest absolute Gasteiger partial charge is 0.183 e. The molecule has 0 bridgehead atoms. The summed E-state index contributed by atoms with van der Waals surface area (Å²) in [5.41, 5.74) is -0.00611. The van der Waals surface area contributed by atoms with E-state index in [1.165, 1.54) is 25.6 Å². The van der Waals surface area contributed by atoms with E-state index in [1.54, 1.807) is 0 Å². The molecule has 0 amide bonds. The number of benzene rings is 1. The highest BCUT2D eigenvalue weighted by Crippen LogP contribution is 2.23. The van der Waals surface area contributed by atoms with E-state index < -0.39 is 11.6 Å². The van der Waals surface area contributed by atoms with Crippen molar-refractivity contribution in [2.45, 2.75) is 6.42 Å². The fourth-order valence-electron chi connectivity index (χ4n) is 1.93. The molecule has 2 N–H and O–H groups in total. The first-order chi connectivity index (χ1) is 11.6. The molecule has 0 aliphatic rings. The Morgan fingerprint density at radius 2 is 2.08 bits per heavy atom. The van der Waals surface area contributed by atoms with E-state index in [2.05, 4.69) is 20.6 Å². The van der Waals surface area contributed by atoms with Crippen LogP contribution in [0.2, 0.25) is 0 Å². The van der Waals surface area contributed by atoms with Crippen LogP contribution in [0, 0.1) is 23.0 Å². The highest BCUT2D eigenvalue weighted by atomic mass is 32.1. The number of methoxy groups -OCH3 is 1. The third-order valence-electron chi connectivity index (χ3n) is 3.07. The van der Waals surface area contributed by atoms with Gasteiger partial charge in [-0.25, -0.2) is 18.7 Å². The number of ether oxygens (including phenoxy) is 1. The summed E-state index contributed by atoms with van der Waals surface area (Å²) < 4.78 is 32.5. The van der Waals surface area contributed by atoms with Crippen molar-refractivity contribution in [1.29, 1.82) is 5.26 Å². The summed E-state index contributed by atoms with van der Waals surface area (Å²) in [5.74, 6) is -1.21. The molecule has 9 heteroatoms. The molecule has 0 unspecified atom stereocenters. The Kier molecular flexibility index (Phi) is 5.92. The molecule has 6 nitrogen and oxygen atoms in total. The molecule has 1 aromatic heterocycles. The van der Waals surface area contributed by atoms with Crippen molar-refractivity contribution < 1.29 is 13.5 Å². The van der Waals surface area contributed by atoms with Gasteiger partial charge in [-0.3, -0.25) is 0 Å². The molecule has 0 radical (unpaired) electrons. The van der Waals surface area contributed by atoms with Crippen LogP contribution in [0.3, 0.4) is 0 Å². The summed E-state index contributed by atoms with van der Waals surface area (Å²) in [6.45, 7) is 0.176. The molecule has 0 fully saturated rings. The first-order valence-electron chi connectivity index (χ1n) is 6.83. The monoisotopic (exact) mass is 349 g/mol. The summed E-state index contributed by atoms with van der Waals surface area (Å²) in [5, 5.41) is 14.6. The molecular weight excluding hydrogens is 336 g/mol. The van der Waals surface area contributed by atoms with Gasteiger partial charge in [0.15, 0.2) is 28.2 Å². The number of nitrogens with one attached hydrogen (secondary N) is 2. The van der Waals surface area contributed by atoms with Gasteiger partial charge in [0.1, 0.15) is 11.9 Å². The quantitative estimate of drug-likeness (QED) is 0.801. The molecule has 0 aliphatic heterocycles. The van der Waals surface area contributed by atoms with Gasteiger partial charge in [0.25, 0.3) is 0 Å². The third-order valence-corrected chi connectivity index (χ3v) is 3.31. The van der Waals surface area contributed by atoms with Gasteiger partial charge in [-0.15, -0.1) is 0 Å². The number of aromatic nitrogens is 2. The van der Waals surface area contributed by atoms with E-state index in [1.807, 2.05) is 6.07 Å². The van der Waals surface area contributed by atoms with Crippen LogP contribution in [0.4, 0.5) is 14.6 Å². The van der Waals surface area contributed by atoms with Crippen LogP contribution in [0.1, 0.15) is 11.3 Å². The Hall–Kier alpha value is -2.86. The molecule has 1 aromatic carbocycles. The molecule has 0 aliphatic carbocycles. The van der Waals surface area contributed by atoms with Gasteiger partial charge in [-0.05, 0) is 30.8 Å². The van der Waals surface area contributed by atoms with Gasteiger partial charge in [0.2, 0.25) is 0 Å². The zero-order valence-electron chi connectivity index (χ0n) is 12.6. The summed E-state index contributed by atoms with van der Waals surface area (Å²) >= 11 is 5.06. The van der Waals surface area contributed by atoms with Gasteiger partial charge in [0, 0.05) is 24.5 Å². The van der Waals surface area contributed by atoms with Crippen molar-refractivity contribution in [3.8, 4) is 11.8 Å². The predicted molar refractivity (Wildman–Crippen MR) is 87.6 cm³/mol. The minimum Gasteiger partial charge on any atom is -0.494 e. The Morgan fingerprint density at radius 3 is 2.79 bits per heavy atom. The topological polar surface area (TPSA) is 82.9 Å². The molecule has 0 saturated carbocycles. The maximum Gasteiger partial charge on any atom is 0.183 e. The van der Waals surface area contributed by atoms with Crippen molar-refractivity contribution in [1.82, 2.24) is 15.3 Å². The maximum absolute atomic E-state index is 14.0. The minimum atomic E-state index is -0.737. The lowest BCUT2D eigenvalue weighted by molar-refractivity contribution is 0.380. The van der Waals surface area contributed by atoms with Crippen LogP contribution >= 0.6 is 12.2 Å². The molecule has 0 atom stereocenters. The fourth-order valence-corrected chi connectivity index (χ4v) is 2.13. The number of thiocarbonyl (C=S) groups is 1. The van der Waals surface area contributed by atoms with Gasteiger partial charge in [-0.1, -0.05) is 0 Å². The van der Waals surface area contributed by atoms with Crippen molar-refractivity contribution in [3.63, 3.8) is 0 Å². The third kappa shape index (κ3) is 4.11. The van der Waals surface area contributed by atoms with Gasteiger partial charge >= 0.3 is 0 Å². The summed E-state index contributed by atoms with van der Waals surface area (Å²) in [6.07, 6.45) is 2.85. The van der Waals surface area contributed by atoms with Crippen LogP contribution in [-0.4, -0.2) is 28.7 Å². The minimum absolute atomic E-state index is 0.0228. The first kappa shape index (κ1) is 17.5. The lowest BCUT2D eigenvalue weighted by Crippen LogP contribution is -2.31. The van der Waals surface area contributed by atoms with E-state index in [0.717, 1.165) is 6.07 Å². The Balaban J connectivity index is 1.95. The normalized spacial score (nSPS) is 9.92. The number of nitrogens with zero attached hydrogens (tertiary/aromatic N) is 3. The largest absolute Gasteiger partial charge is 0.494 e. The molecule has 2 rings (SSSR count). The summed E-state index contributed by atoms with van der Waals surface area (Å²) in [4.78, 5) is 7.78. The fraction of sp³-hybridized carbons (Fsp3) is 0.200. The SMILES string of the molecule is COc1ccc(F)c(CCNC(=S)Nc2nccnc2C#N)c1F. The molecule has 0 saturated heterocycles. The second kappa shape index (κ2) is 8.12. The van der Waals surface area contributed by atoms with Crippen molar-refractivity contribution >= 4 is 23.1 Å². The predicted octanol–water partition coefficient (Wildman–Crippen LogP) is 2.16. The van der Waals surface area contributed by atoms with Crippen LogP contribution < -0.4 is 15.4 Å². The maximum atomic E-state index is 14.0. The van der Waals surface area contributed by atoms with Crippen molar-refractivity contribution in [3.05, 3.63) is 47.4 Å². The van der Waals surface area contributed by atoms with Crippen LogP contribution in [0.15, 0.2) is 24.5 Å². The molecule has 24 heavy (non-hydrogen) atoms. The first-order valence-corrected chi connectivity index (χ1v) is 7.24. The van der Waals surface area contributed by atoms with Crippen molar-refractivity contribution in [2.75, 3.05) is 19.0 Å². The number of hydrogen-bond donors (Lipinski definition) is 2. The second-order valence-corrected chi connectivity index (χ2v) is 4.95. The average molecular weight is 349 g/mol. The van der Waals surface area contributed by atoms with Gasteiger partial charge in [0.05, 0.1) is 7.11 Å². The highest BCUT2D eigenvalue weighted by Gasteiger charge is 2.14. The van der Waals surface area contributed by atoms with Crippen LogP contribution in [0.25, 0.3) is 0 Å². The van der Waals surface area contributed by atoms with Crippen LogP contribution in [0.5, 0.6) is 5.75 Å². The molecule has 0 spiro atoms. The number of nitriles is 1. The molecular formula is C15H13F2N5OS. The highest BCUT2D eigenvalue weighted by molar-refractivity contribution is 7.80. The Morgan fingerprint density at radius 1 is 1.33 bits per heavy atom. The van der Waals surface area contributed by atoms with E-state index in [0.29, 0.717) is 0 Å².